The number of piperidine rings is 1. The molecule has 3 heterocycles. The zero-order valence-electron chi connectivity index (χ0n) is 20.9. The van der Waals surface area contributed by atoms with E-state index >= 15 is 0 Å². The van der Waals surface area contributed by atoms with E-state index in [2.05, 4.69) is 34.8 Å². The molecular formula is C27H37N3O4. The van der Waals surface area contributed by atoms with E-state index in [1.54, 1.807) is 0 Å². The Bertz CT molecular complexity index is 965. The summed E-state index contributed by atoms with van der Waals surface area (Å²) in [5.74, 6) is 0.329. The molecule has 4 rings (SSSR count). The van der Waals surface area contributed by atoms with Crippen molar-refractivity contribution in [2.75, 3.05) is 51.9 Å². The maximum Gasteiger partial charge on any atom is 0.338 e. The minimum Gasteiger partial charge on any atom is -0.474 e. The first-order valence-electron chi connectivity index (χ1n) is 12.4. The van der Waals surface area contributed by atoms with Gasteiger partial charge in [-0.1, -0.05) is 0 Å². The Labute approximate surface area is 203 Å². The maximum atomic E-state index is 12.7. The lowest BCUT2D eigenvalue weighted by Crippen LogP contribution is -2.40. The highest BCUT2D eigenvalue weighted by Crippen LogP contribution is 2.34. The van der Waals surface area contributed by atoms with Crippen molar-refractivity contribution in [2.24, 2.45) is 0 Å². The average molecular weight is 468 g/mol. The van der Waals surface area contributed by atoms with E-state index in [9.17, 15) is 4.79 Å². The number of anilines is 1. The topological polar surface area (TPSA) is 64.1 Å². The molecule has 184 valence electrons. The highest BCUT2D eigenvalue weighted by molar-refractivity contribution is 5.95. The van der Waals surface area contributed by atoms with Gasteiger partial charge in [-0.2, -0.15) is 0 Å². The highest BCUT2D eigenvalue weighted by atomic mass is 16.5. The Morgan fingerprint density at radius 1 is 1.15 bits per heavy atom. The fourth-order valence-corrected chi connectivity index (χ4v) is 5.00. The smallest absolute Gasteiger partial charge is 0.338 e. The SMILES string of the molecule is CCN(c1cc(-c2ccc(OC3CCN(C)CC3)nc2)cc(C(=O)OC)c1C)C1CCOCC1. The van der Waals surface area contributed by atoms with Crippen LogP contribution in [0.4, 0.5) is 5.69 Å². The van der Waals surface area contributed by atoms with Crippen LogP contribution in [0.2, 0.25) is 0 Å². The number of benzene rings is 1. The van der Waals surface area contributed by atoms with Crippen molar-refractivity contribution in [3.05, 3.63) is 41.6 Å². The number of methoxy groups -OCH3 is 1. The number of rotatable bonds is 7. The van der Waals surface area contributed by atoms with Crippen LogP contribution in [0.25, 0.3) is 11.1 Å². The lowest BCUT2D eigenvalue weighted by atomic mass is 9.96. The molecule has 2 fully saturated rings. The molecule has 7 nitrogen and oxygen atoms in total. The predicted molar refractivity (Wildman–Crippen MR) is 134 cm³/mol. The second-order valence-corrected chi connectivity index (χ2v) is 9.29. The summed E-state index contributed by atoms with van der Waals surface area (Å²) in [6, 6.07) is 8.44. The maximum absolute atomic E-state index is 12.7. The Morgan fingerprint density at radius 2 is 1.88 bits per heavy atom. The molecule has 34 heavy (non-hydrogen) atoms. The summed E-state index contributed by atoms with van der Waals surface area (Å²) in [7, 11) is 3.57. The van der Waals surface area contributed by atoms with E-state index in [1.807, 2.05) is 31.3 Å². The number of ether oxygens (including phenoxy) is 3. The zero-order chi connectivity index (χ0) is 24.1. The normalized spacial score (nSPS) is 18.0. The molecule has 0 bridgehead atoms. The van der Waals surface area contributed by atoms with Gasteiger partial charge in [0.15, 0.2) is 0 Å². The third kappa shape index (κ3) is 5.53. The second-order valence-electron chi connectivity index (χ2n) is 9.29. The summed E-state index contributed by atoms with van der Waals surface area (Å²) in [5, 5.41) is 0. The molecule has 0 spiro atoms. The van der Waals surface area contributed by atoms with Crippen LogP contribution in [0.1, 0.15) is 48.5 Å². The number of likely N-dealkylation sites (tertiary alicyclic amines) is 1. The van der Waals surface area contributed by atoms with Gasteiger partial charge in [0.25, 0.3) is 0 Å². The van der Waals surface area contributed by atoms with Gasteiger partial charge in [0, 0.05) is 62.4 Å². The van der Waals surface area contributed by atoms with Crippen LogP contribution in [0, 0.1) is 6.92 Å². The molecule has 0 radical (unpaired) electrons. The molecule has 0 N–H and O–H groups in total. The molecular weight excluding hydrogens is 430 g/mol. The highest BCUT2D eigenvalue weighted by Gasteiger charge is 2.25. The van der Waals surface area contributed by atoms with Crippen LogP contribution in [0.15, 0.2) is 30.5 Å². The molecule has 2 aliphatic rings. The van der Waals surface area contributed by atoms with E-state index in [-0.39, 0.29) is 12.1 Å². The Hall–Kier alpha value is -2.64. The number of carbonyl (C=O) groups is 1. The van der Waals surface area contributed by atoms with Crippen LogP contribution >= 0.6 is 0 Å². The van der Waals surface area contributed by atoms with Gasteiger partial charge in [0.2, 0.25) is 5.88 Å². The lowest BCUT2D eigenvalue weighted by Gasteiger charge is -2.36. The van der Waals surface area contributed by atoms with Crippen LogP contribution in [0.5, 0.6) is 5.88 Å². The van der Waals surface area contributed by atoms with E-state index in [4.69, 9.17) is 14.2 Å². The van der Waals surface area contributed by atoms with Crippen LogP contribution in [0.3, 0.4) is 0 Å². The van der Waals surface area contributed by atoms with Crippen molar-refractivity contribution in [1.82, 2.24) is 9.88 Å². The second kappa shape index (κ2) is 11.2. The van der Waals surface area contributed by atoms with Gasteiger partial charge in [-0.15, -0.1) is 0 Å². The summed E-state index contributed by atoms with van der Waals surface area (Å²) in [4.78, 5) is 22.0. The molecule has 7 heteroatoms. The fraction of sp³-hybridized carbons (Fsp3) is 0.556. The van der Waals surface area contributed by atoms with Gasteiger partial charge in [0.05, 0.1) is 12.7 Å². The largest absolute Gasteiger partial charge is 0.474 e. The molecule has 2 aromatic rings. The molecule has 0 saturated carbocycles. The summed E-state index contributed by atoms with van der Waals surface area (Å²) in [6.07, 6.45) is 6.05. The summed E-state index contributed by atoms with van der Waals surface area (Å²) < 4.78 is 16.8. The number of pyridine rings is 1. The molecule has 2 saturated heterocycles. The molecule has 1 aromatic carbocycles. The van der Waals surface area contributed by atoms with E-state index in [1.165, 1.54) is 7.11 Å². The first-order valence-corrected chi connectivity index (χ1v) is 12.4. The molecule has 0 atom stereocenters. The van der Waals surface area contributed by atoms with Crippen LogP contribution < -0.4 is 9.64 Å². The van der Waals surface area contributed by atoms with Crippen molar-refractivity contribution in [2.45, 2.75) is 51.7 Å². The van der Waals surface area contributed by atoms with Gasteiger partial charge >= 0.3 is 5.97 Å². The first-order chi connectivity index (χ1) is 16.5. The number of carbonyl (C=O) groups excluding carboxylic acids is 1. The molecule has 0 amide bonds. The first kappa shape index (κ1) is 24.5. The average Bonchev–Trinajstić information content (AvgIpc) is 2.87. The fourth-order valence-electron chi connectivity index (χ4n) is 5.00. The minimum atomic E-state index is -0.321. The quantitative estimate of drug-likeness (QED) is 0.562. The van der Waals surface area contributed by atoms with Gasteiger partial charge in [-0.3, -0.25) is 0 Å². The zero-order valence-corrected chi connectivity index (χ0v) is 20.9. The van der Waals surface area contributed by atoms with Crippen molar-refractivity contribution in [1.29, 1.82) is 0 Å². The molecule has 0 unspecified atom stereocenters. The standard InChI is InChI=1S/C27H37N3O4/c1-5-30(22-10-14-33-15-11-22)25-17-21(16-24(19(25)2)27(31)32-4)20-6-7-26(28-18-20)34-23-8-12-29(3)13-9-23/h6-7,16-18,22-23H,5,8-15H2,1-4H3. The van der Waals surface area contributed by atoms with E-state index in [0.717, 1.165) is 80.9 Å². The third-order valence-corrected chi connectivity index (χ3v) is 7.09. The summed E-state index contributed by atoms with van der Waals surface area (Å²) in [6.45, 7) is 8.66. The number of hydrogen-bond donors (Lipinski definition) is 0. The van der Waals surface area contributed by atoms with Crippen molar-refractivity contribution in [3.8, 4) is 17.0 Å². The third-order valence-electron chi connectivity index (χ3n) is 7.09. The number of nitrogens with zero attached hydrogens (tertiary/aromatic N) is 3. The number of esters is 1. The van der Waals surface area contributed by atoms with Crippen LogP contribution in [-0.4, -0.2) is 75.0 Å². The summed E-state index contributed by atoms with van der Waals surface area (Å²) in [5.41, 5.74) is 4.50. The van der Waals surface area contributed by atoms with Crippen molar-refractivity contribution < 1.29 is 19.0 Å². The van der Waals surface area contributed by atoms with Crippen molar-refractivity contribution >= 4 is 11.7 Å². The van der Waals surface area contributed by atoms with Gasteiger partial charge in [-0.05, 0) is 75.9 Å². The lowest BCUT2D eigenvalue weighted by molar-refractivity contribution is 0.0599. The molecule has 1 aromatic heterocycles. The van der Waals surface area contributed by atoms with Gasteiger partial charge in [0.1, 0.15) is 6.10 Å². The van der Waals surface area contributed by atoms with Gasteiger partial charge < -0.3 is 24.0 Å². The molecule has 0 aliphatic carbocycles. The predicted octanol–water partition coefficient (Wildman–Crippen LogP) is 4.32. The van der Waals surface area contributed by atoms with E-state index < -0.39 is 0 Å². The number of aromatic nitrogens is 1. The van der Waals surface area contributed by atoms with Crippen molar-refractivity contribution in [3.63, 3.8) is 0 Å². The van der Waals surface area contributed by atoms with E-state index in [0.29, 0.717) is 17.5 Å². The molecule has 2 aliphatic heterocycles. The summed E-state index contributed by atoms with van der Waals surface area (Å²) >= 11 is 0. The van der Waals surface area contributed by atoms with Gasteiger partial charge in [-0.25, -0.2) is 9.78 Å². The Morgan fingerprint density at radius 3 is 2.50 bits per heavy atom. The van der Waals surface area contributed by atoms with Crippen LogP contribution in [-0.2, 0) is 9.47 Å². The Kier molecular flexibility index (Phi) is 8.06. The number of hydrogen-bond acceptors (Lipinski definition) is 7. The minimum absolute atomic E-state index is 0.212. The monoisotopic (exact) mass is 467 g/mol. The Balaban J connectivity index is 1.62.